The molecule has 1 fully saturated rings. The van der Waals surface area contributed by atoms with E-state index >= 15 is 0 Å². The van der Waals surface area contributed by atoms with E-state index < -0.39 is 54.4 Å². The molecule has 5 N–H and O–H groups in total. The van der Waals surface area contributed by atoms with E-state index in [1.54, 1.807) is 52.1 Å². The summed E-state index contributed by atoms with van der Waals surface area (Å²) < 4.78 is 16.0. The van der Waals surface area contributed by atoms with E-state index in [1.165, 1.54) is 4.90 Å². The van der Waals surface area contributed by atoms with Crippen LogP contribution in [0, 0.1) is 0 Å². The Balaban J connectivity index is 2.12. The van der Waals surface area contributed by atoms with Crippen molar-refractivity contribution in [2.24, 2.45) is 5.73 Å². The number of hydrogen-bond donors (Lipinski definition) is 4. The number of carbonyl (C=O) groups excluding carboxylic acids is 4. The first-order chi connectivity index (χ1) is 15.9. The van der Waals surface area contributed by atoms with E-state index in [-0.39, 0.29) is 19.5 Å². The normalized spacial score (nSPS) is 19.8. The maximum atomic E-state index is 12.8. The molecule has 1 aliphatic rings. The minimum atomic E-state index is -1.18. The van der Waals surface area contributed by atoms with Crippen molar-refractivity contribution >= 4 is 24.0 Å². The minimum absolute atomic E-state index is 0.104. The van der Waals surface area contributed by atoms with Crippen LogP contribution in [-0.2, 0) is 25.5 Å². The van der Waals surface area contributed by atoms with Gasteiger partial charge in [0.1, 0.15) is 24.0 Å². The Hall–Kier alpha value is -3.54. The molecule has 0 spiro atoms. The van der Waals surface area contributed by atoms with Gasteiger partial charge in [0.2, 0.25) is 11.8 Å². The molecule has 12 heteroatoms. The van der Waals surface area contributed by atoms with E-state index in [4.69, 9.17) is 19.9 Å². The molecule has 0 radical (unpaired) electrons. The van der Waals surface area contributed by atoms with Gasteiger partial charge in [-0.05, 0) is 44.9 Å². The third-order valence-corrected chi connectivity index (χ3v) is 4.87. The number of nitrogens with two attached hydrogens (primary N) is 1. The summed E-state index contributed by atoms with van der Waals surface area (Å²) in [4.78, 5) is 48.8. The number of nitrogens with one attached hydrogen (secondary N) is 2. The van der Waals surface area contributed by atoms with Gasteiger partial charge >= 0.3 is 12.2 Å². The van der Waals surface area contributed by atoms with Gasteiger partial charge in [-0.2, -0.15) is 0 Å². The zero-order valence-corrected chi connectivity index (χ0v) is 19.7. The summed E-state index contributed by atoms with van der Waals surface area (Å²) in [5, 5.41) is 15.1. The van der Waals surface area contributed by atoms with Crippen LogP contribution < -0.4 is 21.1 Å². The van der Waals surface area contributed by atoms with Crippen molar-refractivity contribution in [1.29, 1.82) is 0 Å². The van der Waals surface area contributed by atoms with E-state index in [1.807, 2.05) is 0 Å². The number of aliphatic hydroxyl groups is 1. The van der Waals surface area contributed by atoms with Crippen LogP contribution in [0.25, 0.3) is 0 Å². The zero-order chi connectivity index (χ0) is 25.5. The molecule has 34 heavy (non-hydrogen) atoms. The monoisotopic (exact) mass is 480 g/mol. The van der Waals surface area contributed by atoms with Gasteiger partial charge < -0.3 is 35.7 Å². The predicted octanol–water partition coefficient (Wildman–Crippen LogP) is -0.0858. The van der Waals surface area contributed by atoms with Crippen LogP contribution in [0.1, 0.15) is 26.3 Å². The largest absolute Gasteiger partial charge is 0.497 e. The first-order valence-electron chi connectivity index (χ1n) is 10.7. The summed E-state index contributed by atoms with van der Waals surface area (Å²) in [5.74, 6) is -0.720. The number of nitrogens with zero attached hydrogens (tertiary/aromatic N) is 1. The Morgan fingerprint density at radius 2 is 1.76 bits per heavy atom. The van der Waals surface area contributed by atoms with Crippen LogP contribution in [0.2, 0.25) is 0 Å². The Labute approximate surface area is 197 Å². The molecule has 0 bridgehead atoms. The van der Waals surface area contributed by atoms with Gasteiger partial charge in [0, 0.05) is 0 Å². The number of primary amides is 1. The summed E-state index contributed by atoms with van der Waals surface area (Å²) in [7, 11) is 1.54. The van der Waals surface area contributed by atoms with E-state index in [2.05, 4.69) is 10.6 Å². The molecule has 12 nitrogen and oxygen atoms in total. The van der Waals surface area contributed by atoms with Crippen LogP contribution in [0.4, 0.5) is 9.59 Å². The second kappa shape index (κ2) is 11.5. The van der Waals surface area contributed by atoms with E-state index in [0.29, 0.717) is 5.75 Å². The molecule has 0 saturated carbocycles. The average molecular weight is 481 g/mol. The topological polar surface area (TPSA) is 170 Å². The number of likely N-dealkylation sites (tertiary alicyclic amines) is 1. The number of amides is 4. The van der Waals surface area contributed by atoms with Crippen molar-refractivity contribution in [2.45, 2.75) is 51.0 Å². The number of benzene rings is 1. The quantitative estimate of drug-likeness (QED) is 0.400. The smallest absolute Gasteiger partial charge is 0.410 e. The van der Waals surface area contributed by atoms with Crippen molar-refractivity contribution in [2.75, 3.05) is 26.7 Å². The number of methoxy groups -OCH3 is 1. The van der Waals surface area contributed by atoms with Crippen molar-refractivity contribution in [3.8, 4) is 5.75 Å². The highest BCUT2D eigenvalue weighted by atomic mass is 16.6. The maximum Gasteiger partial charge on any atom is 0.410 e. The highest BCUT2D eigenvalue weighted by molar-refractivity contribution is 5.86. The molecule has 0 aromatic heterocycles. The first-order valence-corrected chi connectivity index (χ1v) is 10.7. The van der Waals surface area contributed by atoms with Gasteiger partial charge in [0.15, 0.2) is 6.10 Å². The minimum Gasteiger partial charge on any atom is -0.497 e. The van der Waals surface area contributed by atoms with Gasteiger partial charge in [-0.15, -0.1) is 0 Å². The van der Waals surface area contributed by atoms with Gasteiger partial charge in [0.05, 0.1) is 26.2 Å². The number of hydrogen-bond acceptors (Lipinski definition) is 8. The van der Waals surface area contributed by atoms with Crippen molar-refractivity contribution in [1.82, 2.24) is 15.5 Å². The molecular weight excluding hydrogens is 448 g/mol. The standard InChI is InChI=1S/C22H32N4O8/c1-22(2,3)34-21(31)26-12-16(27)19(15(26)9-13-5-7-14(32-4)8-6-13)33-20(30)25-11-18(29)24-10-17(23)28/h5-8,15-16,19,27H,9-12H2,1-4H3,(H2,23,28)(H,24,29)(H,25,30)/t15-,16+,19+/m1/s1. The Kier molecular flexibility index (Phi) is 9.07. The fraction of sp³-hybridized carbons (Fsp3) is 0.545. The Morgan fingerprint density at radius 1 is 1.12 bits per heavy atom. The Bertz CT molecular complexity index is 884. The third-order valence-electron chi connectivity index (χ3n) is 4.87. The first kappa shape index (κ1) is 26.7. The van der Waals surface area contributed by atoms with Crippen molar-refractivity contribution < 1.29 is 38.5 Å². The molecule has 1 aromatic carbocycles. The van der Waals surface area contributed by atoms with E-state index in [9.17, 15) is 24.3 Å². The SMILES string of the molecule is COc1ccc(C[C@@H]2[C@H](OC(=O)NCC(=O)NCC(N)=O)[C@@H](O)CN2C(=O)OC(C)(C)C)cc1. The van der Waals surface area contributed by atoms with E-state index in [0.717, 1.165) is 5.56 Å². The van der Waals surface area contributed by atoms with Crippen LogP contribution in [0.3, 0.4) is 0 Å². The molecule has 0 aliphatic carbocycles. The molecule has 2 rings (SSSR count). The van der Waals surface area contributed by atoms with Crippen LogP contribution in [0.15, 0.2) is 24.3 Å². The molecule has 1 saturated heterocycles. The molecule has 1 aromatic rings. The summed E-state index contributed by atoms with van der Waals surface area (Å²) in [6.07, 6.45) is -3.61. The van der Waals surface area contributed by atoms with Gasteiger partial charge in [-0.3, -0.25) is 14.5 Å². The third kappa shape index (κ3) is 8.10. The summed E-state index contributed by atoms with van der Waals surface area (Å²) >= 11 is 0. The zero-order valence-electron chi connectivity index (χ0n) is 19.7. The second-order valence-corrected chi connectivity index (χ2v) is 8.79. The van der Waals surface area contributed by atoms with Crippen LogP contribution in [-0.4, -0.2) is 84.6 Å². The highest BCUT2D eigenvalue weighted by Crippen LogP contribution is 2.27. The molecular formula is C22H32N4O8. The van der Waals surface area contributed by atoms with Crippen molar-refractivity contribution in [3.05, 3.63) is 29.8 Å². The number of rotatable bonds is 8. The molecule has 1 heterocycles. The molecule has 0 unspecified atom stereocenters. The lowest BCUT2D eigenvalue weighted by Gasteiger charge is -2.30. The molecule has 1 aliphatic heterocycles. The second-order valence-electron chi connectivity index (χ2n) is 8.79. The van der Waals surface area contributed by atoms with Crippen LogP contribution in [0.5, 0.6) is 5.75 Å². The molecule has 3 atom stereocenters. The number of β-amino-alcohol motifs (C(OH)–C–C–N with tert-alkyl or cyclic N) is 1. The van der Waals surface area contributed by atoms with Gasteiger partial charge in [-0.25, -0.2) is 9.59 Å². The lowest BCUT2D eigenvalue weighted by atomic mass is 10.0. The average Bonchev–Trinajstić information content (AvgIpc) is 3.05. The van der Waals surface area contributed by atoms with Crippen LogP contribution >= 0.6 is 0 Å². The number of ether oxygens (including phenoxy) is 3. The molecule has 188 valence electrons. The van der Waals surface area contributed by atoms with Gasteiger partial charge in [0.25, 0.3) is 0 Å². The fourth-order valence-electron chi connectivity index (χ4n) is 3.36. The van der Waals surface area contributed by atoms with Crippen molar-refractivity contribution in [3.63, 3.8) is 0 Å². The Morgan fingerprint density at radius 3 is 2.32 bits per heavy atom. The van der Waals surface area contributed by atoms with Gasteiger partial charge in [-0.1, -0.05) is 12.1 Å². The maximum absolute atomic E-state index is 12.8. The number of carbonyl (C=O) groups is 4. The lowest BCUT2D eigenvalue weighted by Crippen LogP contribution is -2.47. The highest BCUT2D eigenvalue weighted by Gasteiger charge is 2.47. The summed E-state index contributed by atoms with van der Waals surface area (Å²) in [6.45, 7) is 4.23. The number of alkyl carbamates (subject to hydrolysis) is 1. The molecule has 4 amide bonds. The summed E-state index contributed by atoms with van der Waals surface area (Å²) in [5.41, 5.74) is 5.00. The number of aliphatic hydroxyl groups excluding tert-OH is 1. The lowest BCUT2D eigenvalue weighted by molar-refractivity contribution is -0.124. The fourth-order valence-corrected chi connectivity index (χ4v) is 3.36. The predicted molar refractivity (Wildman–Crippen MR) is 120 cm³/mol. The summed E-state index contributed by atoms with van der Waals surface area (Å²) in [6, 6.07) is 6.39.